The van der Waals surface area contributed by atoms with Gasteiger partial charge in [0, 0.05) is 6.42 Å². The quantitative estimate of drug-likeness (QED) is 0.873. The Kier molecular flexibility index (Phi) is 4.52. The third kappa shape index (κ3) is 3.56. The number of aromatic nitrogens is 2. The summed E-state index contributed by atoms with van der Waals surface area (Å²) in [4.78, 5) is 20.4. The molecule has 0 aliphatic carbocycles. The number of carbonyl (C=O) groups excluding carboxylic acids is 1. The van der Waals surface area contributed by atoms with Crippen molar-refractivity contribution in [2.45, 2.75) is 27.2 Å². The van der Waals surface area contributed by atoms with E-state index in [1.807, 2.05) is 25.1 Å². The minimum absolute atomic E-state index is 0.170. The highest BCUT2D eigenvalue weighted by Gasteiger charge is 2.18. The lowest BCUT2D eigenvalue weighted by molar-refractivity contribution is 0.0526. The topological polar surface area (TPSA) is 78.1 Å². The number of hydrogen-bond acceptors (Lipinski definition) is 5. The molecule has 0 aliphatic heterocycles. The van der Waals surface area contributed by atoms with Crippen LogP contribution in [0, 0.1) is 13.8 Å². The zero-order chi connectivity index (χ0) is 15.4. The second-order valence-electron chi connectivity index (χ2n) is 4.87. The molecule has 110 valence electrons. The Balaban J connectivity index is 2.29. The predicted molar refractivity (Wildman–Crippen MR) is 81.1 cm³/mol. The van der Waals surface area contributed by atoms with Gasteiger partial charge in [0.05, 0.1) is 12.3 Å². The summed E-state index contributed by atoms with van der Waals surface area (Å²) in [6.45, 7) is 5.82. The lowest BCUT2D eigenvalue weighted by Crippen LogP contribution is -2.14. The molecule has 0 spiro atoms. The van der Waals surface area contributed by atoms with Crippen molar-refractivity contribution in [2.75, 3.05) is 12.3 Å². The van der Waals surface area contributed by atoms with Gasteiger partial charge in [-0.25, -0.2) is 14.8 Å². The van der Waals surface area contributed by atoms with Gasteiger partial charge in [-0.2, -0.15) is 0 Å². The number of nitrogens with zero attached hydrogens (tertiary/aromatic N) is 2. The van der Waals surface area contributed by atoms with E-state index in [1.165, 1.54) is 5.56 Å². The van der Waals surface area contributed by atoms with Crippen LogP contribution in [0.3, 0.4) is 0 Å². The fourth-order valence-corrected chi connectivity index (χ4v) is 2.19. The SMILES string of the molecule is CCOC(=O)c1c(C)nc(Cc2cccc(C)c2)nc1N. The first-order valence-corrected chi connectivity index (χ1v) is 6.87. The van der Waals surface area contributed by atoms with Crippen LogP contribution >= 0.6 is 0 Å². The van der Waals surface area contributed by atoms with Crippen molar-refractivity contribution in [1.29, 1.82) is 0 Å². The molecule has 5 nitrogen and oxygen atoms in total. The maximum Gasteiger partial charge on any atom is 0.343 e. The minimum atomic E-state index is -0.477. The van der Waals surface area contributed by atoms with Crippen molar-refractivity contribution in [3.05, 3.63) is 52.5 Å². The summed E-state index contributed by atoms with van der Waals surface area (Å²) in [5.41, 5.74) is 8.97. The Labute approximate surface area is 124 Å². The molecule has 0 radical (unpaired) electrons. The van der Waals surface area contributed by atoms with Gasteiger partial charge in [0.25, 0.3) is 0 Å². The Morgan fingerprint density at radius 2 is 2.05 bits per heavy atom. The van der Waals surface area contributed by atoms with Gasteiger partial charge in [-0.1, -0.05) is 29.8 Å². The molecule has 1 heterocycles. The molecule has 21 heavy (non-hydrogen) atoms. The summed E-state index contributed by atoms with van der Waals surface area (Å²) in [6, 6.07) is 8.12. The van der Waals surface area contributed by atoms with Crippen LogP contribution in [0.2, 0.25) is 0 Å². The highest BCUT2D eigenvalue weighted by atomic mass is 16.5. The second kappa shape index (κ2) is 6.35. The van der Waals surface area contributed by atoms with E-state index in [2.05, 4.69) is 16.0 Å². The van der Waals surface area contributed by atoms with Crippen molar-refractivity contribution >= 4 is 11.8 Å². The predicted octanol–water partition coefficient (Wildman–Crippen LogP) is 2.44. The number of nitrogen functional groups attached to an aromatic ring is 1. The van der Waals surface area contributed by atoms with Gasteiger partial charge in [0.1, 0.15) is 17.2 Å². The Hall–Kier alpha value is -2.43. The number of anilines is 1. The zero-order valence-corrected chi connectivity index (χ0v) is 12.5. The van der Waals surface area contributed by atoms with E-state index in [9.17, 15) is 4.79 Å². The van der Waals surface area contributed by atoms with E-state index in [1.54, 1.807) is 13.8 Å². The number of esters is 1. The average Bonchev–Trinajstić information content (AvgIpc) is 2.38. The molecule has 2 N–H and O–H groups in total. The number of nitrogens with two attached hydrogens (primary N) is 1. The summed E-state index contributed by atoms with van der Waals surface area (Å²) >= 11 is 0. The average molecular weight is 285 g/mol. The molecule has 0 unspecified atom stereocenters. The number of aryl methyl sites for hydroxylation is 2. The van der Waals surface area contributed by atoms with Crippen LogP contribution in [0.1, 0.15) is 39.9 Å². The summed E-state index contributed by atoms with van der Waals surface area (Å²) in [5.74, 6) is 0.293. The van der Waals surface area contributed by atoms with E-state index in [0.29, 0.717) is 24.5 Å². The molecular weight excluding hydrogens is 266 g/mol. The van der Waals surface area contributed by atoms with Crippen molar-refractivity contribution in [2.24, 2.45) is 0 Å². The maximum atomic E-state index is 11.8. The van der Waals surface area contributed by atoms with E-state index >= 15 is 0 Å². The van der Waals surface area contributed by atoms with Crippen LogP contribution in [0.15, 0.2) is 24.3 Å². The maximum absolute atomic E-state index is 11.8. The first kappa shape index (κ1) is 15.0. The van der Waals surface area contributed by atoms with Crippen molar-refractivity contribution in [3.8, 4) is 0 Å². The molecule has 2 aromatic rings. The fourth-order valence-electron chi connectivity index (χ4n) is 2.19. The van der Waals surface area contributed by atoms with Crippen LogP contribution in [-0.4, -0.2) is 22.5 Å². The van der Waals surface area contributed by atoms with E-state index in [4.69, 9.17) is 10.5 Å². The summed E-state index contributed by atoms with van der Waals surface area (Å²) < 4.78 is 4.96. The number of hydrogen-bond donors (Lipinski definition) is 1. The van der Waals surface area contributed by atoms with Crippen LogP contribution in [-0.2, 0) is 11.2 Å². The number of rotatable bonds is 4. The van der Waals surface area contributed by atoms with Crippen LogP contribution in [0.5, 0.6) is 0 Å². The Bertz CT molecular complexity index is 645. The standard InChI is InChI=1S/C16H19N3O2/c1-4-21-16(20)14-11(3)18-13(19-15(14)17)9-12-7-5-6-10(2)8-12/h5-8H,4,9H2,1-3H3,(H2,17,18,19). The summed E-state index contributed by atoms with van der Waals surface area (Å²) in [7, 11) is 0. The summed E-state index contributed by atoms with van der Waals surface area (Å²) in [5, 5.41) is 0. The van der Waals surface area contributed by atoms with Gasteiger partial charge in [0.2, 0.25) is 0 Å². The van der Waals surface area contributed by atoms with E-state index in [0.717, 1.165) is 5.56 Å². The summed E-state index contributed by atoms with van der Waals surface area (Å²) in [6.07, 6.45) is 0.579. The normalized spacial score (nSPS) is 10.4. The third-order valence-corrected chi connectivity index (χ3v) is 3.09. The van der Waals surface area contributed by atoms with Gasteiger partial charge < -0.3 is 10.5 Å². The van der Waals surface area contributed by atoms with Crippen LogP contribution in [0.25, 0.3) is 0 Å². The molecular formula is C16H19N3O2. The van der Waals surface area contributed by atoms with Crippen molar-refractivity contribution < 1.29 is 9.53 Å². The van der Waals surface area contributed by atoms with Gasteiger partial charge in [0.15, 0.2) is 0 Å². The second-order valence-corrected chi connectivity index (χ2v) is 4.87. The molecule has 5 heteroatoms. The first-order valence-electron chi connectivity index (χ1n) is 6.87. The van der Waals surface area contributed by atoms with Crippen molar-refractivity contribution in [1.82, 2.24) is 9.97 Å². The van der Waals surface area contributed by atoms with Gasteiger partial charge in [-0.3, -0.25) is 0 Å². The van der Waals surface area contributed by atoms with Crippen LogP contribution < -0.4 is 5.73 Å². The zero-order valence-electron chi connectivity index (χ0n) is 12.5. The lowest BCUT2D eigenvalue weighted by Gasteiger charge is -2.10. The smallest absolute Gasteiger partial charge is 0.343 e. The molecule has 1 aromatic carbocycles. The third-order valence-electron chi connectivity index (χ3n) is 3.09. The molecule has 0 amide bonds. The number of ether oxygens (including phenoxy) is 1. The molecule has 2 rings (SSSR count). The molecule has 0 fully saturated rings. The highest BCUT2D eigenvalue weighted by molar-refractivity contribution is 5.95. The van der Waals surface area contributed by atoms with E-state index in [-0.39, 0.29) is 11.4 Å². The lowest BCUT2D eigenvalue weighted by atomic mass is 10.1. The molecule has 0 aliphatic rings. The molecule has 0 atom stereocenters. The van der Waals surface area contributed by atoms with Gasteiger partial charge in [-0.05, 0) is 26.3 Å². The minimum Gasteiger partial charge on any atom is -0.462 e. The fraction of sp³-hybridized carbons (Fsp3) is 0.312. The van der Waals surface area contributed by atoms with Gasteiger partial charge >= 0.3 is 5.97 Å². The molecule has 0 bridgehead atoms. The molecule has 0 saturated heterocycles. The van der Waals surface area contributed by atoms with Gasteiger partial charge in [-0.15, -0.1) is 0 Å². The first-order chi connectivity index (χ1) is 10.0. The Morgan fingerprint density at radius 1 is 1.29 bits per heavy atom. The Morgan fingerprint density at radius 3 is 2.67 bits per heavy atom. The van der Waals surface area contributed by atoms with Crippen molar-refractivity contribution in [3.63, 3.8) is 0 Å². The number of carbonyl (C=O) groups is 1. The van der Waals surface area contributed by atoms with E-state index < -0.39 is 5.97 Å². The molecule has 0 saturated carbocycles. The monoisotopic (exact) mass is 285 g/mol. The molecule has 1 aromatic heterocycles. The van der Waals surface area contributed by atoms with Crippen LogP contribution in [0.4, 0.5) is 5.82 Å². The highest BCUT2D eigenvalue weighted by Crippen LogP contribution is 2.16. The number of benzene rings is 1. The largest absolute Gasteiger partial charge is 0.462 e.